The van der Waals surface area contributed by atoms with Gasteiger partial charge >= 0.3 is 0 Å². The number of rotatable bonds is 7. The van der Waals surface area contributed by atoms with Crippen molar-refractivity contribution < 1.29 is 9.53 Å². The number of benzene rings is 1. The predicted octanol–water partition coefficient (Wildman–Crippen LogP) is 2.72. The van der Waals surface area contributed by atoms with E-state index in [1.54, 1.807) is 0 Å². The van der Waals surface area contributed by atoms with Crippen molar-refractivity contribution in [3.8, 4) is 6.07 Å². The van der Waals surface area contributed by atoms with Crippen LogP contribution in [0.3, 0.4) is 0 Å². The Morgan fingerprint density at radius 3 is 2.92 bits per heavy atom. The highest BCUT2D eigenvalue weighted by molar-refractivity contribution is 8.01. The van der Waals surface area contributed by atoms with Crippen molar-refractivity contribution in [1.29, 1.82) is 5.26 Å². The first-order valence-electron chi connectivity index (χ1n) is 7.94. The van der Waals surface area contributed by atoms with Crippen LogP contribution in [0, 0.1) is 11.3 Å². The number of carbonyl (C=O) groups excluding carboxylic acids is 1. The van der Waals surface area contributed by atoms with Crippen LogP contribution in [0.5, 0.6) is 0 Å². The van der Waals surface area contributed by atoms with Gasteiger partial charge < -0.3 is 15.0 Å². The van der Waals surface area contributed by atoms with Gasteiger partial charge in [-0.25, -0.2) is 0 Å². The van der Waals surface area contributed by atoms with Crippen molar-refractivity contribution in [2.24, 2.45) is 0 Å². The Kier molecular flexibility index (Phi) is 7.13. The monoisotopic (exact) mass is 407 g/mol. The number of thioether (sulfide) groups is 2. The summed E-state index contributed by atoms with van der Waals surface area (Å²) in [5.74, 6) is 0.495. The molecule has 0 atom stereocenters. The number of morpholine rings is 1. The Morgan fingerprint density at radius 2 is 2.12 bits per heavy atom. The highest BCUT2D eigenvalue weighted by Gasteiger charge is 2.16. The molecule has 0 radical (unpaired) electrons. The molecule has 1 aromatic heterocycles. The predicted molar refractivity (Wildman–Crippen MR) is 105 cm³/mol. The molecule has 1 aliphatic rings. The average molecular weight is 408 g/mol. The fourth-order valence-electron chi connectivity index (χ4n) is 2.26. The van der Waals surface area contributed by atoms with Gasteiger partial charge in [0.05, 0.1) is 36.5 Å². The van der Waals surface area contributed by atoms with Gasteiger partial charge in [-0.1, -0.05) is 35.2 Å². The summed E-state index contributed by atoms with van der Waals surface area (Å²) in [6.07, 6.45) is 0. The molecule has 1 fully saturated rings. The summed E-state index contributed by atoms with van der Waals surface area (Å²) in [6, 6.07) is 9.57. The number of nitrogens with one attached hydrogen (secondary N) is 1. The maximum Gasteiger partial charge on any atom is 0.234 e. The largest absolute Gasteiger partial charge is 0.378 e. The lowest BCUT2D eigenvalue weighted by atomic mass is 10.3. The van der Waals surface area contributed by atoms with Crippen LogP contribution in [-0.2, 0) is 9.53 Å². The second-order valence-corrected chi connectivity index (χ2v) is 8.43. The Hall–Kier alpha value is -1.80. The molecule has 2 aromatic rings. The van der Waals surface area contributed by atoms with Crippen LogP contribution in [-0.4, -0.2) is 53.9 Å². The quantitative estimate of drug-likeness (QED) is 0.701. The Morgan fingerprint density at radius 1 is 1.31 bits per heavy atom. The van der Waals surface area contributed by atoms with Crippen LogP contribution in [0.15, 0.2) is 33.5 Å². The van der Waals surface area contributed by atoms with E-state index in [4.69, 9.17) is 10.00 Å². The van der Waals surface area contributed by atoms with E-state index in [0.29, 0.717) is 19.0 Å². The second-order valence-electron chi connectivity index (χ2n) is 5.23. The number of hydrogen-bond acceptors (Lipinski definition) is 9. The number of ether oxygens (including phenoxy) is 1. The fraction of sp³-hybridized carbons (Fsp3) is 0.375. The molecule has 0 unspecified atom stereocenters. The molecule has 0 saturated carbocycles. The molecule has 1 aliphatic heterocycles. The lowest BCUT2D eigenvalue weighted by Crippen LogP contribution is -2.36. The number of amides is 1. The van der Waals surface area contributed by atoms with Gasteiger partial charge in [0.2, 0.25) is 11.0 Å². The molecule has 2 heterocycles. The lowest BCUT2D eigenvalue weighted by molar-refractivity contribution is -0.113. The smallest absolute Gasteiger partial charge is 0.234 e. The SMILES string of the molecule is N#CCSc1ccccc1NC(=O)CSc1nnc(N2CCOCC2)s1. The van der Waals surface area contributed by atoms with Crippen molar-refractivity contribution in [3.63, 3.8) is 0 Å². The van der Waals surface area contributed by atoms with Gasteiger partial charge in [-0.3, -0.25) is 4.79 Å². The van der Waals surface area contributed by atoms with Crippen molar-refractivity contribution in [3.05, 3.63) is 24.3 Å². The van der Waals surface area contributed by atoms with Crippen LogP contribution in [0.2, 0.25) is 0 Å². The van der Waals surface area contributed by atoms with Crippen molar-refractivity contribution in [2.45, 2.75) is 9.24 Å². The van der Waals surface area contributed by atoms with Crippen LogP contribution < -0.4 is 10.2 Å². The van der Waals surface area contributed by atoms with Crippen LogP contribution in [0.1, 0.15) is 0 Å². The molecule has 1 amide bonds. The maximum absolute atomic E-state index is 12.2. The number of nitriles is 1. The second kappa shape index (κ2) is 9.78. The van der Waals surface area contributed by atoms with Crippen LogP contribution in [0.25, 0.3) is 0 Å². The van der Waals surface area contributed by atoms with Crippen molar-refractivity contribution >= 4 is 51.6 Å². The van der Waals surface area contributed by atoms with Crippen molar-refractivity contribution in [2.75, 3.05) is 48.0 Å². The zero-order valence-electron chi connectivity index (χ0n) is 13.9. The molecule has 26 heavy (non-hydrogen) atoms. The van der Waals surface area contributed by atoms with E-state index in [-0.39, 0.29) is 11.7 Å². The number of hydrogen-bond donors (Lipinski definition) is 1. The minimum atomic E-state index is -0.108. The molecule has 1 saturated heterocycles. The third-order valence-corrected chi connectivity index (χ3v) is 6.52. The first kappa shape index (κ1) is 19.0. The number of aromatic nitrogens is 2. The molecule has 0 aliphatic carbocycles. The minimum absolute atomic E-state index is 0.108. The maximum atomic E-state index is 12.2. The van der Waals surface area contributed by atoms with Crippen LogP contribution in [0.4, 0.5) is 10.8 Å². The average Bonchev–Trinajstić information content (AvgIpc) is 3.15. The number of nitrogens with zero attached hydrogens (tertiary/aromatic N) is 4. The van der Waals surface area contributed by atoms with Crippen molar-refractivity contribution in [1.82, 2.24) is 10.2 Å². The van der Waals surface area contributed by atoms with Gasteiger partial charge in [0.1, 0.15) is 0 Å². The molecular formula is C16H17N5O2S3. The van der Waals surface area contributed by atoms with Gasteiger partial charge in [-0.15, -0.1) is 22.0 Å². The number of carbonyl (C=O) groups is 1. The normalized spacial score (nSPS) is 14.0. The molecule has 0 spiro atoms. The van der Waals surface area contributed by atoms with Gasteiger partial charge in [-0.2, -0.15) is 5.26 Å². The van der Waals surface area contributed by atoms with Gasteiger partial charge in [-0.05, 0) is 12.1 Å². The Balaban J connectivity index is 1.52. The van der Waals surface area contributed by atoms with E-state index < -0.39 is 0 Å². The summed E-state index contributed by atoms with van der Waals surface area (Å²) in [4.78, 5) is 15.3. The number of para-hydroxylation sites is 1. The molecule has 0 bridgehead atoms. The summed E-state index contributed by atoms with van der Waals surface area (Å²) >= 11 is 4.27. The van der Waals surface area contributed by atoms with Gasteiger partial charge in [0.15, 0.2) is 4.34 Å². The summed E-state index contributed by atoms with van der Waals surface area (Å²) in [5, 5.41) is 20.9. The first-order chi connectivity index (χ1) is 12.8. The zero-order chi connectivity index (χ0) is 18.2. The van der Waals surface area contributed by atoms with Gasteiger partial charge in [0.25, 0.3) is 0 Å². The lowest BCUT2D eigenvalue weighted by Gasteiger charge is -2.25. The van der Waals surface area contributed by atoms with E-state index in [1.165, 1.54) is 34.9 Å². The van der Waals surface area contributed by atoms with Crippen LogP contribution >= 0.6 is 34.9 Å². The van der Waals surface area contributed by atoms with E-state index in [9.17, 15) is 4.79 Å². The fourth-order valence-corrected chi connectivity index (χ4v) is 4.62. The molecule has 1 aromatic carbocycles. The molecule has 3 rings (SSSR count). The zero-order valence-corrected chi connectivity index (χ0v) is 16.3. The van der Waals surface area contributed by atoms with E-state index in [0.717, 1.165) is 33.1 Å². The summed E-state index contributed by atoms with van der Waals surface area (Å²) in [7, 11) is 0. The molecule has 10 heteroatoms. The Bertz CT molecular complexity index is 786. The third-order valence-electron chi connectivity index (χ3n) is 3.46. The highest BCUT2D eigenvalue weighted by atomic mass is 32.2. The summed E-state index contributed by atoms with van der Waals surface area (Å²) in [6.45, 7) is 3.04. The van der Waals surface area contributed by atoms with E-state index in [1.807, 2.05) is 24.3 Å². The highest BCUT2D eigenvalue weighted by Crippen LogP contribution is 2.29. The summed E-state index contributed by atoms with van der Waals surface area (Å²) in [5.41, 5.74) is 0.726. The Labute approximate surface area is 164 Å². The molecule has 1 N–H and O–H groups in total. The number of anilines is 2. The van der Waals surface area contributed by atoms with E-state index >= 15 is 0 Å². The van der Waals surface area contributed by atoms with Gasteiger partial charge in [0, 0.05) is 18.0 Å². The molecule has 7 nitrogen and oxygen atoms in total. The summed E-state index contributed by atoms with van der Waals surface area (Å²) < 4.78 is 6.11. The van der Waals surface area contributed by atoms with E-state index in [2.05, 4.69) is 26.5 Å². The third kappa shape index (κ3) is 5.35. The molecule has 136 valence electrons. The standard InChI is InChI=1S/C16H17N5O2S3/c17-5-10-24-13-4-2-1-3-12(13)18-14(22)11-25-16-20-19-15(26-16)21-6-8-23-9-7-21/h1-4H,6-11H2,(H,18,22). The topological polar surface area (TPSA) is 91.1 Å². The minimum Gasteiger partial charge on any atom is -0.378 e. The first-order valence-corrected chi connectivity index (χ1v) is 10.7. The molecular weight excluding hydrogens is 390 g/mol.